The van der Waals surface area contributed by atoms with Crippen LogP contribution < -0.4 is 10.6 Å². The zero-order valence-electron chi connectivity index (χ0n) is 14.2. The summed E-state index contributed by atoms with van der Waals surface area (Å²) in [5.41, 5.74) is 8.80. The third-order valence-corrected chi connectivity index (χ3v) is 5.08. The molecule has 7 nitrogen and oxygen atoms in total. The molecule has 0 fully saturated rings. The predicted octanol–water partition coefficient (Wildman–Crippen LogP) is 3.27. The second-order valence-corrected chi connectivity index (χ2v) is 6.85. The minimum Gasteiger partial charge on any atom is -0.369 e. The lowest BCUT2D eigenvalue weighted by molar-refractivity contribution is 0.175. The van der Waals surface area contributed by atoms with Crippen LogP contribution in [0.4, 0.5) is 16.6 Å². The van der Waals surface area contributed by atoms with Gasteiger partial charge in [0.15, 0.2) is 5.82 Å². The van der Waals surface area contributed by atoms with Gasteiger partial charge >= 0.3 is 6.03 Å². The normalized spacial score (nSPS) is 17.4. The quantitative estimate of drug-likeness (QED) is 0.737. The molecule has 3 N–H and O–H groups in total. The number of hydrogen-bond acceptors (Lipinski definition) is 3. The number of nitrogen functional groups attached to an aromatic ring is 1. The minimum absolute atomic E-state index is 0.102. The molecule has 0 saturated heterocycles. The summed E-state index contributed by atoms with van der Waals surface area (Å²) in [5, 5.41) is 1.72. The van der Waals surface area contributed by atoms with E-state index in [0.29, 0.717) is 23.3 Å². The largest absolute Gasteiger partial charge is 0.369 e. The van der Waals surface area contributed by atoms with Crippen molar-refractivity contribution in [3.05, 3.63) is 40.7 Å². The standard InChI is InChI=1S/C17H19ClN6O/c1-9-14-15(21-16(19)22(14)2)23(3)17(25)24(9)8-12-7-10-6-11(18)4-5-13(10)20-12/h4-7,9,20H,8H2,1-3H3,(H2,19,21). The van der Waals surface area contributed by atoms with Crippen LogP contribution in [-0.2, 0) is 13.6 Å². The Morgan fingerprint density at radius 3 is 2.84 bits per heavy atom. The maximum absolute atomic E-state index is 12.8. The Hall–Kier alpha value is -2.67. The highest BCUT2D eigenvalue weighted by Crippen LogP contribution is 2.37. The third kappa shape index (κ3) is 2.34. The van der Waals surface area contributed by atoms with Crippen LogP contribution in [-0.4, -0.2) is 32.5 Å². The maximum Gasteiger partial charge on any atom is 0.326 e. The highest BCUT2D eigenvalue weighted by Gasteiger charge is 2.37. The first-order valence-corrected chi connectivity index (χ1v) is 8.38. The van der Waals surface area contributed by atoms with Crippen LogP contribution >= 0.6 is 11.6 Å². The summed E-state index contributed by atoms with van der Waals surface area (Å²) in [6, 6.07) is 7.48. The van der Waals surface area contributed by atoms with E-state index in [4.69, 9.17) is 17.3 Å². The first-order chi connectivity index (χ1) is 11.9. The van der Waals surface area contributed by atoms with Gasteiger partial charge in [0.25, 0.3) is 0 Å². The minimum atomic E-state index is -0.136. The molecule has 0 spiro atoms. The predicted molar refractivity (Wildman–Crippen MR) is 98.7 cm³/mol. The number of carbonyl (C=O) groups excluding carboxylic acids is 1. The number of anilines is 2. The van der Waals surface area contributed by atoms with Gasteiger partial charge in [-0.3, -0.25) is 4.90 Å². The summed E-state index contributed by atoms with van der Waals surface area (Å²) in [6.07, 6.45) is 0. The van der Waals surface area contributed by atoms with Crippen molar-refractivity contribution < 1.29 is 4.79 Å². The van der Waals surface area contributed by atoms with E-state index in [2.05, 4.69) is 9.97 Å². The average molecular weight is 359 g/mol. The fourth-order valence-electron chi connectivity index (χ4n) is 3.46. The molecule has 0 saturated carbocycles. The first kappa shape index (κ1) is 15.8. The SMILES string of the molecule is CC1c2c(nc(N)n2C)N(C)C(=O)N1Cc1cc2cc(Cl)ccc2[nH]1. The summed E-state index contributed by atoms with van der Waals surface area (Å²) >= 11 is 6.05. The van der Waals surface area contributed by atoms with Crippen molar-refractivity contribution >= 4 is 40.3 Å². The molecule has 1 aromatic carbocycles. The number of rotatable bonds is 2. The molecule has 3 heterocycles. The molecule has 1 atom stereocenters. The highest BCUT2D eigenvalue weighted by atomic mass is 35.5. The number of aromatic nitrogens is 3. The molecule has 25 heavy (non-hydrogen) atoms. The Labute approximate surface area is 150 Å². The van der Waals surface area contributed by atoms with Gasteiger partial charge in [-0.25, -0.2) is 4.79 Å². The number of benzene rings is 1. The smallest absolute Gasteiger partial charge is 0.326 e. The molecular weight excluding hydrogens is 340 g/mol. The van der Waals surface area contributed by atoms with Crippen LogP contribution in [0.25, 0.3) is 10.9 Å². The molecule has 8 heteroatoms. The van der Waals surface area contributed by atoms with Crippen molar-refractivity contribution in [2.45, 2.75) is 19.5 Å². The van der Waals surface area contributed by atoms with E-state index in [1.807, 2.05) is 42.8 Å². The van der Waals surface area contributed by atoms with Crippen molar-refractivity contribution in [2.75, 3.05) is 17.7 Å². The number of urea groups is 1. The molecule has 0 bridgehead atoms. The number of aromatic amines is 1. The monoisotopic (exact) mass is 358 g/mol. The van der Waals surface area contributed by atoms with E-state index < -0.39 is 0 Å². The maximum atomic E-state index is 12.8. The molecule has 4 rings (SSSR count). The van der Waals surface area contributed by atoms with Gasteiger partial charge in [-0.15, -0.1) is 0 Å². The van der Waals surface area contributed by atoms with E-state index in [9.17, 15) is 4.79 Å². The zero-order chi connectivity index (χ0) is 17.9. The second kappa shape index (κ2) is 5.42. The van der Waals surface area contributed by atoms with Gasteiger partial charge in [0.05, 0.1) is 18.3 Å². The Balaban J connectivity index is 1.71. The molecule has 0 radical (unpaired) electrons. The fourth-order valence-corrected chi connectivity index (χ4v) is 3.64. The Bertz CT molecular complexity index is 991. The Kier molecular flexibility index (Phi) is 3.43. The van der Waals surface area contributed by atoms with Crippen molar-refractivity contribution in [2.24, 2.45) is 7.05 Å². The average Bonchev–Trinajstić information content (AvgIpc) is 3.10. The third-order valence-electron chi connectivity index (χ3n) is 4.85. The topological polar surface area (TPSA) is 83.2 Å². The number of nitrogens with zero attached hydrogens (tertiary/aromatic N) is 4. The van der Waals surface area contributed by atoms with E-state index in [1.54, 1.807) is 16.8 Å². The number of fused-ring (bicyclic) bond motifs is 2. The molecule has 0 aliphatic carbocycles. The summed E-state index contributed by atoms with van der Waals surface area (Å²) in [5.74, 6) is 1.02. The number of H-pyrrole nitrogens is 1. The van der Waals surface area contributed by atoms with Crippen molar-refractivity contribution in [1.29, 1.82) is 0 Å². The lowest BCUT2D eigenvalue weighted by Crippen LogP contribution is -2.47. The van der Waals surface area contributed by atoms with Gasteiger partial charge in [-0.1, -0.05) is 11.6 Å². The van der Waals surface area contributed by atoms with Crippen LogP contribution in [0.1, 0.15) is 24.4 Å². The Morgan fingerprint density at radius 2 is 2.08 bits per heavy atom. The number of halogens is 1. The molecule has 1 aliphatic rings. The first-order valence-electron chi connectivity index (χ1n) is 8.00. The van der Waals surface area contributed by atoms with Crippen LogP contribution in [0.2, 0.25) is 5.02 Å². The zero-order valence-corrected chi connectivity index (χ0v) is 15.0. The van der Waals surface area contributed by atoms with Crippen molar-refractivity contribution in [3.63, 3.8) is 0 Å². The molecule has 3 aromatic rings. The number of nitrogens with one attached hydrogen (secondary N) is 1. The summed E-state index contributed by atoms with van der Waals surface area (Å²) in [6.45, 7) is 2.45. The molecule has 1 aliphatic heterocycles. The van der Waals surface area contributed by atoms with Crippen LogP contribution in [0.5, 0.6) is 0 Å². The second-order valence-electron chi connectivity index (χ2n) is 6.41. The van der Waals surface area contributed by atoms with Crippen LogP contribution in [0, 0.1) is 0 Å². The lowest BCUT2D eigenvalue weighted by atomic mass is 10.1. The number of amides is 2. The van der Waals surface area contributed by atoms with Crippen molar-refractivity contribution in [3.8, 4) is 0 Å². The van der Waals surface area contributed by atoms with Gasteiger partial charge in [0, 0.05) is 35.7 Å². The van der Waals surface area contributed by atoms with E-state index in [0.717, 1.165) is 22.3 Å². The van der Waals surface area contributed by atoms with E-state index in [1.165, 1.54) is 0 Å². The molecular formula is C17H19ClN6O. The number of imidazole rings is 1. The number of carbonyl (C=O) groups is 1. The summed E-state index contributed by atoms with van der Waals surface area (Å²) in [7, 11) is 3.59. The van der Waals surface area contributed by atoms with Gasteiger partial charge in [0.2, 0.25) is 5.95 Å². The molecule has 130 valence electrons. The van der Waals surface area contributed by atoms with Gasteiger partial charge in [-0.2, -0.15) is 4.98 Å². The molecule has 2 amide bonds. The van der Waals surface area contributed by atoms with Crippen molar-refractivity contribution in [1.82, 2.24) is 19.4 Å². The van der Waals surface area contributed by atoms with E-state index in [-0.39, 0.29) is 12.1 Å². The van der Waals surface area contributed by atoms with E-state index >= 15 is 0 Å². The summed E-state index contributed by atoms with van der Waals surface area (Å²) < 4.78 is 1.83. The Morgan fingerprint density at radius 1 is 1.32 bits per heavy atom. The lowest BCUT2D eigenvalue weighted by Gasteiger charge is -2.37. The van der Waals surface area contributed by atoms with Gasteiger partial charge in [-0.05, 0) is 31.2 Å². The number of nitrogens with two attached hydrogens (primary N) is 1. The van der Waals surface area contributed by atoms with Crippen LogP contribution in [0.3, 0.4) is 0 Å². The summed E-state index contributed by atoms with van der Waals surface area (Å²) in [4.78, 5) is 23.8. The van der Waals surface area contributed by atoms with Gasteiger partial charge in [0.1, 0.15) is 0 Å². The molecule has 2 aromatic heterocycles. The molecule has 1 unspecified atom stereocenters. The van der Waals surface area contributed by atoms with Crippen LogP contribution in [0.15, 0.2) is 24.3 Å². The fraction of sp³-hybridized carbons (Fsp3) is 0.294. The highest BCUT2D eigenvalue weighted by molar-refractivity contribution is 6.31. The number of hydrogen-bond donors (Lipinski definition) is 2. The van der Waals surface area contributed by atoms with Gasteiger partial charge < -0.3 is 20.2 Å².